The van der Waals surface area contributed by atoms with Gasteiger partial charge in [-0.2, -0.15) is 0 Å². The maximum atomic E-state index is 11.4. The van der Waals surface area contributed by atoms with Crippen LogP contribution >= 0.6 is 0 Å². The Bertz CT molecular complexity index is 308. The molecule has 2 N–H and O–H groups in total. The van der Waals surface area contributed by atoms with Crippen LogP contribution in [0.4, 0.5) is 0 Å². The Morgan fingerprint density at radius 1 is 1.17 bits per heavy atom. The van der Waals surface area contributed by atoms with Crippen LogP contribution in [-0.2, 0) is 14.8 Å². The fourth-order valence-electron chi connectivity index (χ4n) is 2.38. The molecule has 0 aromatic heterocycles. The normalized spacial score (nSPS) is 14.7. The summed E-state index contributed by atoms with van der Waals surface area (Å²) in [7, 11) is -3.46. The first-order valence-electron chi connectivity index (χ1n) is 6.90. The van der Waals surface area contributed by atoms with Crippen molar-refractivity contribution < 1.29 is 13.2 Å². The fraction of sp³-hybridized carbons (Fsp3) is 1.00. The Morgan fingerprint density at radius 2 is 1.67 bits per heavy atom. The molecule has 0 saturated carbocycles. The van der Waals surface area contributed by atoms with Crippen LogP contribution in [0.5, 0.6) is 0 Å². The minimum Gasteiger partial charge on any atom is -0.378 e. The van der Waals surface area contributed by atoms with Crippen molar-refractivity contribution in [3.63, 3.8) is 0 Å². The van der Waals surface area contributed by atoms with Crippen LogP contribution < -0.4 is 5.14 Å². The van der Waals surface area contributed by atoms with Gasteiger partial charge in [0, 0.05) is 5.41 Å². The van der Waals surface area contributed by atoms with E-state index in [1.165, 1.54) is 0 Å². The molecule has 0 aliphatic heterocycles. The van der Waals surface area contributed by atoms with Crippen molar-refractivity contribution >= 4 is 10.0 Å². The average Bonchev–Trinajstić information content (AvgIpc) is 2.24. The highest BCUT2D eigenvalue weighted by Gasteiger charge is 2.33. The summed E-state index contributed by atoms with van der Waals surface area (Å²) >= 11 is 0. The molecule has 1 atom stereocenters. The van der Waals surface area contributed by atoms with Crippen LogP contribution in [0.3, 0.4) is 0 Å². The van der Waals surface area contributed by atoms with E-state index in [2.05, 4.69) is 20.8 Å². The molecular weight excluding hydrogens is 250 g/mol. The standard InChI is InChI=1S/C13H29NO3S/c1-5-8-13(9-6-2,11-18(14,15)16)10-17-12(4)7-3/h12H,5-11H2,1-4H3,(H2,14,15,16). The smallest absolute Gasteiger partial charge is 0.209 e. The van der Waals surface area contributed by atoms with Crippen LogP contribution in [0, 0.1) is 5.41 Å². The third-order valence-corrected chi connectivity index (χ3v) is 4.33. The van der Waals surface area contributed by atoms with Crippen molar-refractivity contribution in [3.8, 4) is 0 Å². The van der Waals surface area contributed by atoms with Gasteiger partial charge in [0.25, 0.3) is 0 Å². The lowest BCUT2D eigenvalue weighted by molar-refractivity contribution is -0.00217. The van der Waals surface area contributed by atoms with Crippen LogP contribution in [0.15, 0.2) is 0 Å². The highest BCUT2D eigenvalue weighted by molar-refractivity contribution is 7.89. The molecule has 0 aliphatic rings. The predicted molar refractivity (Wildman–Crippen MR) is 75.9 cm³/mol. The largest absolute Gasteiger partial charge is 0.378 e. The number of primary sulfonamides is 1. The zero-order chi connectivity index (χ0) is 14.2. The first-order valence-corrected chi connectivity index (χ1v) is 8.62. The summed E-state index contributed by atoms with van der Waals surface area (Å²) in [4.78, 5) is 0. The Hall–Kier alpha value is -0.130. The zero-order valence-electron chi connectivity index (χ0n) is 12.2. The number of hydrogen-bond acceptors (Lipinski definition) is 3. The Morgan fingerprint density at radius 3 is 2.00 bits per heavy atom. The van der Waals surface area contributed by atoms with Gasteiger partial charge >= 0.3 is 0 Å². The van der Waals surface area contributed by atoms with Crippen LogP contribution in [0.25, 0.3) is 0 Å². The van der Waals surface area contributed by atoms with Gasteiger partial charge in [-0.1, -0.05) is 33.6 Å². The van der Waals surface area contributed by atoms with E-state index in [1.807, 2.05) is 6.92 Å². The summed E-state index contributed by atoms with van der Waals surface area (Å²) in [5.74, 6) is 0.0259. The molecule has 1 unspecified atom stereocenters. The molecule has 0 saturated heterocycles. The van der Waals surface area contributed by atoms with Gasteiger partial charge in [-0.15, -0.1) is 0 Å². The van der Waals surface area contributed by atoms with Crippen LogP contribution in [0.1, 0.15) is 59.8 Å². The van der Waals surface area contributed by atoms with Crippen molar-refractivity contribution in [2.75, 3.05) is 12.4 Å². The maximum absolute atomic E-state index is 11.4. The van der Waals surface area contributed by atoms with Gasteiger partial charge in [-0.05, 0) is 26.2 Å². The fourth-order valence-corrected chi connectivity index (χ4v) is 3.61. The van der Waals surface area contributed by atoms with Gasteiger partial charge in [0.2, 0.25) is 10.0 Å². The molecule has 0 fully saturated rings. The molecule has 18 heavy (non-hydrogen) atoms. The van der Waals surface area contributed by atoms with E-state index in [0.717, 1.165) is 32.1 Å². The first-order chi connectivity index (χ1) is 8.28. The molecule has 4 nitrogen and oxygen atoms in total. The molecule has 0 amide bonds. The quantitative estimate of drug-likeness (QED) is 0.668. The molecule has 0 aromatic rings. The summed E-state index contributed by atoms with van der Waals surface area (Å²) in [5, 5.41) is 5.24. The van der Waals surface area contributed by atoms with Crippen LogP contribution in [0.2, 0.25) is 0 Å². The number of rotatable bonds is 10. The molecule has 110 valence electrons. The van der Waals surface area contributed by atoms with Crippen molar-refractivity contribution in [2.45, 2.75) is 65.9 Å². The van der Waals surface area contributed by atoms with Crippen molar-refractivity contribution in [2.24, 2.45) is 10.6 Å². The van der Waals surface area contributed by atoms with Gasteiger partial charge in [-0.3, -0.25) is 0 Å². The van der Waals surface area contributed by atoms with E-state index in [-0.39, 0.29) is 17.3 Å². The predicted octanol–water partition coefficient (Wildman–Crippen LogP) is 2.68. The van der Waals surface area contributed by atoms with E-state index in [9.17, 15) is 8.42 Å². The van der Waals surface area contributed by atoms with Crippen LogP contribution in [-0.4, -0.2) is 26.9 Å². The summed E-state index contributed by atoms with van der Waals surface area (Å²) in [6, 6.07) is 0. The molecule has 0 bridgehead atoms. The van der Waals surface area contributed by atoms with Gasteiger partial charge in [0.15, 0.2) is 0 Å². The average molecular weight is 279 g/mol. The van der Waals surface area contributed by atoms with Crippen molar-refractivity contribution in [3.05, 3.63) is 0 Å². The monoisotopic (exact) mass is 279 g/mol. The summed E-state index contributed by atoms with van der Waals surface area (Å²) < 4.78 is 28.7. The highest BCUT2D eigenvalue weighted by atomic mass is 32.2. The third kappa shape index (κ3) is 7.34. The lowest BCUT2D eigenvalue weighted by atomic mass is 9.82. The molecule has 0 aliphatic carbocycles. The maximum Gasteiger partial charge on any atom is 0.209 e. The van der Waals surface area contributed by atoms with Gasteiger partial charge in [0.1, 0.15) is 0 Å². The second-order valence-corrected chi connectivity index (χ2v) is 6.95. The molecule has 0 radical (unpaired) electrons. The lowest BCUT2D eigenvalue weighted by Gasteiger charge is -2.33. The van der Waals surface area contributed by atoms with E-state index in [1.54, 1.807) is 0 Å². The second-order valence-electron chi connectivity index (χ2n) is 5.34. The summed E-state index contributed by atoms with van der Waals surface area (Å²) in [6.45, 7) is 8.69. The number of ether oxygens (including phenoxy) is 1. The number of hydrogen-bond donors (Lipinski definition) is 1. The molecule has 0 rings (SSSR count). The minimum absolute atomic E-state index is 0.0259. The van der Waals surface area contributed by atoms with E-state index in [0.29, 0.717) is 6.61 Å². The number of nitrogens with two attached hydrogens (primary N) is 1. The Kier molecular flexibility index (Phi) is 8.06. The van der Waals surface area contributed by atoms with E-state index >= 15 is 0 Å². The van der Waals surface area contributed by atoms with Crippen molar-refractivity contribution in [1.29, 1.82) is 0 Å². The Labute approximate surface area is 112 Å². The van der Waals surface area contributed by atoms with E-state index in [4.69, 9.17) is 9.88 Å². The third-order valence-electron chi connectivity index (χ3n) is 3.32. The zero-order valence-corrected chi connectivity index (χ0v) is 13.1. The SMILES string of the molecule is CCCC(CCC)(COC(C)CC)CS(N)(=O)=O. The van der Waals surface area contributed by atoms with Gasteiger partial charge < -0.3 is 4.74 Å². The van der Waals surface area contributed by atoms with Gasteiger partial charge in [0.05, 0.1) is 18.5 Å². The summed E-state index contributed by atoms with van der Waals surface area (Å²) in [6.07, 6.45) is 4.67. The number of sulfonamides is 1. The molecule has 0 spiro atoms. The van der Waals surface area contributed by atoms with Crippen molar-refractivity contribution in [1.82, 2.24) is 0 Å². The molecule has 5 heteroatoms. The second kappa shape index (κ2) is 8.12. The molecule has 0 aromatic carbocycles. The lowest BCUT2D eigenvalue weighted by Crippen LogP contribution is -2.38. The summed E-state index contributed by atoms with van der Waals surface area (Å²) in [5.41, 5.74) is -0.319. The Balaban J connectivity index is 4.84. The molecular formula is C13H29NO3S. The van der Waals surface area contributed by atoms with Gasteiger partial charge in [-0.25, -0.2) is 13.6 Å². The molecule has 0 heterocycles. The minimum atomic E-state index is -3.46. The first kappa shape index (κ1) is 17.9. The highest BCUT2D eigenvalue weighted by Crippen LogP contribution is 2.32. The topological polar surface area (TPSA) is 69.4 Å². The van der Waals surface area contributed by atoms with E-state index < -0.39 is 10.0 Å².